The molecule has 0 heterocycles. The Morgan fingerprint density at radius 3 is 2.82 bits per heavy atom. The lowest BCUT2D eigenvalue weighted by molar-refractivity contribution is -0.121. The molecule has 0 aromatic heterocycles. The highest BCUT2D eigenvalue weighted by Gasteiger charge is 2.27. The van der Waals surface area contributed by atoms with Crippen LogP contribution in [-0.4, -0.2) is 11.6 Å². The van der Waals surface area contributed by atoms with E-state index in [1.807, 2.05) is 0 Å². The van der Waals surface area contributed by atoms with Crippen LogP contribution in [-0.2, 0) is 4.79 Å². The lowest BCUT2D eigenvalue weighted by Gasteiger charge is -2.20. The lowest BCUT2D eigenvalue weighted by Crippen LogP contribution is -2.23. The fourth-order valence-corrected chi connectivity index (χ4v) is 2.37. The molecule has 0 N–H and O–H groups in total. The summed E-state index contributed by atoms with van der Waals surface area (Å²) in [6.07, 6.45) is 2.48. The van der Waals surface area contributed by atoms with Gasteiger partial charge in [0.05, 0.1) is 0 Å². The van der Waals surface area contributed by atoms with Gasteiger partial charge in [-0.15, -0.1) is 0 Å². The van der Waals surface area contributed by atoms with Crippen molar-refractivity contribution < 1.29 is 14.0 Å². The van der Waals surface area contributed by atoms with Crippen molar-refractivity contribution in [2.24, 2.45) is 5.92 Å². The van der Waals surface area contributed by atoms with E-state index in [0.717, 1.165) is 12.8 Å². The molecule has 1 aliphatic carbocycles. The van der Waals surface area contributed by atoms with E-state index in [-0.39, 0.29) is 23.3 Å². The molecule has 1 saturated carbocycles. The van der Waals surface area contributed by atoms with Crippen LogP contribution >= 0.6 is 0 Å². The van der Waals surface area contributed by atoms with Gasteiger partial charge < -0.3 is 0 Å². The zero-order chi connectivity index (χ0) is 12.4. The van der Waals surface area contributed by atoms with Crippen LogP contribution in [0.25, 0.3) is 0 Å². The Kier molecular flexibility index (Phi) is 3.36. The number of Topliss-reactive ketones (excluding diaryl/α,β-unsaturated/α-hetero) is 2. The minimum absolute atomic E-state index is 0.0180. The standard InChI is InChI=1S/C14H15FO2/c1-9-7-11(15)5-6-13(9)14(17)10-3-2-4-12(16)8-10/h5-7,10H,2-4,8H2,1H3. The van der Waals surface area contributed by atoms with Gasteiger partial charge in [0.2, 0.25) is 0 Å². The van der Waals surface area contributed by atoms with Gasteiger partial charge in [-0.3, -0.25) is 9.59 Å². The van der Waals surface area contributed by atoms with E-state index >= 15 is 0 Å². The number of hydrogen-bond donors (Lipinski definition) is 0. The molecule has 1 aliphatic rings. The van der Waals surface area contributed by atoms with Crippen LogP contribution in [0, 0.1) is 18.7 Å². The second-order valence-electron chi connectivity index (χ2n) is 4.66. The number of halogens is 1. The van der Waals surface area contributed by atoms with Crippen molar-refractivity contribution in [1.29, 1.82) is 0 Å². The van der Waals surface area contributed by atoms with Gasteiger partial charge in [0.1, 0.15) is 11.6 Å². The number of carbonyl (C=O) groups excluding carboxylic acids is 2. The highest BCUT2D eigenvalue weighted by atomic mass is 19.1. The first-order chi connectivity index (χ1) is 8.08. The van der Waals surface area contributed by atoms with Gasteiger partial charge in [0, 0.05) is 24.3 Å². The summed E-state index contributed by atoms with van der Waals surface area (Å²) in [5, 5.41) is 0. The Morgan fingerprint density at radius 1 is 1.41 bits per heavy atom. The van der Waals surface area contributed by atoms with E-state index in [4.69, 9.17) is 0 Å². The molecule has 1 aromatic rings. The molecule has 0 amide bonds. The van der Waals surface area contributed by atoms with Crippen LogP contribution in [0.5, 0.6) is 0 Å². The third-order valence-corrected chi connectivity index (χ3v) is 3.31. The second kappa shape index (κ2) is 4.78. The number of ketones is 2. The summed E-state index contributed by atoms with van der Waals surface area (Å²) < 4.78 is 12.9. The molecule has 1 unspecified atom stereocenters. The predicted octanol–water partition coefficient (Wildman–Crippen LogP) is 3.08. The molecule has 0 bridgehead atoms. The number of aryl methyl sites for hydroxylation is 1. The molecule has 17 heavy (non-hydrogen) atoms. The van der Waals surface area contributed by atoms with Crippen molar-refractivity contribution in [3.8, 4) is 0 Å². The second-order valence-corrected chi connectivity index (χ2v) is 4.66. The van der Waals surface area contributed by atoms with Crippen molar-refractivity contribution >= 4 is 11.6 Å². The first-order valence-corrected chi connectivity index (χ1v) is 5.90. The Bertz CT molecular complexity index is 465. The van der Waals surface area contributed by atoms with E-state index in [0.29, 0.717) is 24.0 Å². The molecular formula is C14H15FO2. The molecule has 0 spiro atoms. The fraction of sp³-hybridized carbons (Fsp3) is 0.429. The number of rotatable bonds is 2. The molecule has 0 saturated heterocycles. The predicted molar refractivity (Wildman–Crippen MR) is 62.4 cm³/mol. The molecule has 3 heteroatoms. The molecule has 2 nitrogen and oxygen atoms in total. The molecule has 0 radical (unpaired) electrons. The lowest BCUT2D eigenvalue weighted by atomic mass is 9.82. The highest BCUT2D eigenvalue weighted by molar-refractivity contribution is 6.01. The van der Waals surface area contributed by atoms with Crippen LogP contribution in [0.1, 0.15) is 41.6 Å². The van der Waals surface area contributed by atoms with Gasteiger partial charge in [-0.2, -0.15) is 0 Å². The Balaban J connectivity index is 2.21. The topological polar surface area (TPSA) is 34.1 Å². The highest BCUT2D eigenvalue weighted by Crippen LogP contribution is 2.26. The molecule has 1 fully saturated rings. The summed E-state index contributed by atoms with van der Waals surface area (Å²) in [7, 11) is 0. The molecule has 0 aliphatic heterocycles. The van der Waals surface area contributed by atoms with Crippen molar-refractivity contribution in [3.63, 3.8) is 0 Å². The van der Waals surface area contributed by atoms with E-state index in [1.165, 1.54) is 18.2 Å². The van der Waals surface area contributed by atoms with Gasteiger partial charge in [-0.05, 0) is 43.5 Å². The molecule has 90 valence electrons. The van der Waals surface area contributed by atoms with Gasteiger partial charge in [-0.1, -0.05) is 0 Å². The summed E-state index contributed by atoms with van der Waals surface area (Å²) in [4.78, 5) is 23.5. The first kappa shape index (κ1) is 12.0. The van der Waals surface area contributed by atoms with Crippen molar-refractivity contribution in [1.82, 2.24) is 0 Å². The summed E-state index contributed by atoms with van der Waals surface area (Å²) in [6, 6.07) is 4.18. The number of benzene rings is 1. The SMILES string of the molecule is Cc1cc(F)ccc1C(=O)C1CCCC(=O)C1. The van der Waals surface area contributed by atoms with E-state index in [1.54, 1.807) is 6.92 Å². The van der Waals surface area contributed by atoms with Gasteiger partial charge in [0.25, 0.3) is 0 Å². The maximum absolute atomic E-state index is 12.9. The number of hydrogen-bond acceptors (Lipinski definition) is 2. The van der Waals surface area contributed by atoms with E-state index in [2.05, 4.69) is 0 Å². The molecule has 2 rings (SSSR count). The maximum Gasteiger partial charge on any atom is 0.166 e. The minimum Gasteiger partial charge on any atom is -0.300 e. The quantitative estimate of drug-likeness (QED) is 0.737. The van der Waals surface area contributed by atoms with Crippen molar-refractivity contribution in [3.05, 3.63) is 35.1 Å². The summed E-state index contributed by atoms with van der Waals surface area (Å²) in [6.45, 7) is 1.72. The zero-order valence-corrected chi connectivity index (χ0v) is 9.83. The van der Waals surface area contributed by atoms with Crippen LogP contribution in [0.15, 0.2) is 18.2 Å². The third-order valence-electron chi connectivity index (χ3n) is 3.31. The molecule has 1 aromatic carbocycles. The summed E-state index contributed by atoms with van der Waals surface area (Å²) in [5.74, 6) is -0.399. The normalized spacial score (nSPS) is 20.4. The number of carbonyl (C=O) groups is 2. The fourth-order valence-electron chi connectivity index (χ4n) is 2.37. The average Bonchev–Trinajstić information content (AvgIpc) is 2.28. The third kappa shape index (κ3) is 2.60. The smallest absolute Gasteiger partial charge is 0.166 e. The zero-order valence-electron chi connectivity index (χ0n) is 9.83. The Hall–Kier alpha value is -1.51. The minimum atomic E-state index is -0.334. The van der Waals surface area contributed by atoms with Crippen LogP contribution < -0.4 is 0 Å². The van der Waals surface area contributed by atoms with Gasteiger partial charge >= 0.3 is 0 Å². The van der Waals surface area contributed by atoms with Gasteiger partial charge in [-0.25, -0.2) is 4.39 Å². The Labute approximate surface area is 99.8 Å². The summed E-state index contributed by atoms with van der Waals surface area (Å²) >= 11 is 0. The monoisotopic (exact) mass is 234 g/mol. The Morgan fingerprint density at radius 2 is 2.18 bits per heavy atom. The summed E-state index contributed by atoms with van der Waals surface area (Å²) in [5.41, 5.74) is 1.19. The average molecular weight is 234 g/mol. The largest absolute Gasteiger partial charge is 0.300 e. The molecule has 1 atom stereocenters. The van der Waals surface area contributed by atoms with E-state index in [9.17, 15) is 14.0 Å². The first-order valence-electron chi connectivity index (χ1n) is 5.90. The molecular weight excluding hydrogens is 219 g/mol. The van der Waals surface area contributed by atoms with Crippen molar-refractivity contribution in [2.45, 2.75) is 32.6 Å². The van der Waals surface area contributed by atoms with Crippen LogP contribution in [0.4, 0.5) is 4.39 Å². The van der Waals surface area contributed by atoms with E-state index < -0.39 is 0 Å². The van der Waals surface area contributed by atoms with Crippen LogP contribution in [0.2, 0.25) is 0 Å². The van der Waals surface area contributed by atoms with Crippen LogP contribution in [0.3, 0.4) is 0 Å². The van der Waals surface area contributed by atoms with Crippen molar-refractivity contribution in [2.75, 3.05) is 0 Å². The van der Waals surface area contributed by atoms with Gasteiger partial charge in [0.15, 0.2) is 5.78 Å². The maximum atomic E-state index is 12.9.